The summed E-state index contributed by atoms with van der Waals surface area (Å²) in [4.78, 5) is 28.9. The van der Waals surface area contributed by atoms with E-state index in [2.05, 4.69) is 21.2 Å². The summed E-state index contributed by atoms with van der Waals surface area (Å²) in [7, 11) is 0. The quantitative estimate of drug-likeness (QED) is 0.355. The zero-order valence-electron chi connectivity index (χ0n) is 21.7. The molecule has 0 fully saturated rings. The van der Waals surface area contributed by atoms with E-state index in [0.717, 1.165) is 26.7 Å². The van der Waals surface area contributed by atoms with Crippen molar-refractivity contribution >= 4 is 27.7 Å². The molecule has 0 spiro atoms. The summed E-state index contributed by atoms with van der Waals surface area (Å²) in [5.74, 6) is 0.234. The summed E-state index contributed by atoms with van der Waals surface area (Å²) in [6.07, 6.45) is 0.397. The Balaban J connectivity index is 1.94. The Morgan fingerprint density at radius 1 is 0.944 bits per heavy atom. The maximum atomic E-state index is 13.7. The lowest BCUT2D eigenvalue weighted by atomic mass is 10.0. The van der Waals surface area contributed by atoms with Gasteiger partial charge in [-0.15, -0.1) is 0 Å². The minimum atomic E-state index is -0.704. The third kappa shape index (κ3) is 8.23. The maximum absolute atomic E-state index is 13.7. The second-order valence-corrected chi connectivity index (χ2v) is 11.1. The highest BCUT2D eigenvalue weighted by atomic mass is 79.9. The Hall–Kier alpha value is -3.12. The minimum Gasteiger partial charge on any atom is -0.483 e. The van der Waals surface area contributed by atoms with Crippen molar-refractivity contribution in [2.24, 2.45) is 0 Å². The molecule has 0 saturated heterocycles. The van der Waals surface area contributed by atoms with Crippen LogP contribution in [0.25, 0.3) is 0 Å². The average molecular weight is 552 g/mol. The third-order valence-corrected chi connectivity index (χ3v) is 6.26. The molecule has 0 radical (unpaired) electrons. The van der Waals surface area contributed by atoms with Gasteiger partial charge in [-0.1, -0.05) is 70.5 Å². The molecule has 3 aromatic carbocycles. The van der Waals surface area contributed by atoms with Crippen molar-refractivity contribution in [2.75, 3.05) is 6.61 Å². The highest BCUT2D eigenvalue weighted by molar-refractivity contribution is 9.10. The summed E-state index contributed by atoms with van der Waals surface area (Å²) in [6.45, 7) is 9.89. The van der Waals surface area contributed by atoms with Crippen LogP contribution in [-0.4, -0.2) is 34.9 Å². The van der Waals surface area contributed by atoms with E-state index < -0.39 is 11.6 Å². The van der Waals surface area contributed by atoms with E-state index in [-0.39, 0.29) is 25.0 Å². The number of amides is 2. The minimum absolute atomic E-state index is 0.158. The first-order chi connectivity index (χ1) is 17.0. The van der Waals surface area contributed by atoms with E-state index in [9.17, 15) is 9.59 Å². The molecular formula is C30H35BrN2O3. The molecule has 0 aliphatic rings. The van der Waals surface area contributed by atoms with Gasteiger partial charge in [0, 0.05) is 23.0 Å². The highest BCUT2D eigenvalue weighted by Crippen LogP contribution is 2.21. The highest BCUT2D eigenvalue weighted by Gasteiger charge is 2.32. The SMILES string of the molecule is Cc1ccc(C)c(OCC(=O)N(Cc2ccc(Br)cc2)C(Cc2ccccc2)C(=O)NC(C)(C)C)c1. The first kappa shape index (κ1) is 27.5. The molecule has 0 saturated carbocycles. The fourth-order valence-corrected chi connectivity index (χ4v) is 4.14. The molecule has 36 heavy (non-hydrogen) atoms. The lowest BCUT2D eigenvalue weighted by Crippen LogP contribution is -2.55. The maximum Gasteiger partial charge on any atom is 0.261 e. The van der Waals surface area contributed by atoms with E-state index in [1.165, 1.54) is 0 Å². The molecule has 0 aliphatic carbocycles. The van der Waals surface area contributed by atoms with E-state index in [1.807, 2.05) is 107 Å². The Labute approximate surface area is 223 Å². The number of nitrogens with zero attached hydrogens (tertiary/aromatic N) is 1. The van der Waals surface area contributed by atoms with Gasteiger partial charge < -0.3 is 15.0 Å². The topological polar surface area (TPSA) is 58.6 Å². The first-order valence-electron chi connectivity index (χ1n) is 12.1. The predicted octanol–water partition coefficient (Wildman–Crippen LogP) is 6.00. The first-order valence-corrected chi connectivity index (χ1v) is 12.9. The number of carbonyl (C=O) groups is 2. The molecule has 6 heteroatoms. The fraction of sp³-hybridized carbons (Fsp3) is 0.333. The predicted molar refractivity (Wildman–Crippen MR) is 148 cm³/mol. The molecule has 1 atom stereocenters. The molecular weight excluding hydrogens is 516 g/mol. The van der Waals surface area contributed by atoms with E-state index in [1.54, 1.807) is 4.90 Å². The molecule has 3 rings (SSSR count). The van der Waals surface area contributed by atoms with Gasteiger partial charge in [0.05, 0.1) is 0 Å². The lowest BCUT2D eigenvalue weighted by Gasteiger charge is -2.33. The molecule has 190 valence electrons. The monoisotopic (exact) mass is 550 g/mol. The van der Waals surface area contributed by atoms with E-state index in [4.69, 9.17) is 4.74 Å². The van der Waals surface area contributed by atoms with Crippen LogP contribution in [0.3, 0.4) is 0 Å². The van der Waals surface area contributed by atoms with Crippen LogP contribution in [0, 0.1) is 13.8 Å². The zero-order valence-corrected chi connectivity index (χ0v) is 23.3. The molecule has 5 nitrogen and oxygen atoms in total. The van der Waals surface area contributed by atoms with Crippen molar-refractivity contribution in [2.45, 2.75) is 59.2 Å². The van der Waals surface area contributed by atoms with Crippen LogP contribution in [0.5, 0.6) is 5.75 Å². The number of hydrogen-bond acceptors (Lipinski definition) is 3. The molecule has 0 aromatic heterocycles. The Morgan fingerprint density at radius 2 is 1.61 bits per heavy atom. The van der Waals surface area contributed by atoms with Crippen LogP contribution in [0.2, 0.25) is 0 Å². The molecule has 1 unspecified atom stereocenters. The number of hydrogen-bond donors (Lipinski definition) is 1. The Kier molecular flexibility index (Phi) is 9.32. The number of carbonyl (C=O) groups excluding carboxylic acids is 2. The normalized spacial score (nSPS) is 12.1. The third-order valence-electron chi connectivity index (χ3n) is 5.73. The molecule has 2 amide bonds. The number of ether oxygens (including phenoxy) is 1. The molecule has 0 bridgehead atoms. The summed E-state index contributed by atoms with van der Waals surface area (Å²) in [5, 5.41) is 3.08. The summed E-state index contributed by atoms with van der Waals surface area (Å²) >= 11 is 3.47. The molecule has 0 aliphatic heterocycles. The summed E-state index contributed by atoms with van der Waals surface area (Å²) in [5.41, 5.74) is 3.49. The molecule has 1 N–H and O–H groups in total. The van der Waals surface area contributed by atoms with Gasteiger partial charge in [-0.05, 0) is 75.1 Å². The van der Waals surface area contributed by atoms with Crippen molar-refractivity contribution in [3.05, 3.63) is 99.5 Å². The Bertz CT molecular complexity index is 1170. The van der Waals surface area contributed by atoms with Gasteiger partial charge in [-0.25, -0.2) is 0 Å². The summed E-state index contributed by atoms with van der Waals surface area (Å²) < 4.78 is 6.92. The van der Waals surface area contributed by atoms with Crippen molar-refractivity contribution in [3.63, 3.8) is 0 Å². The van der Waals surface area contributed by atoms with Gasteiger partial charge in [0.2, 0.25) is 5.91 Å². The smallest absolute Gasteiger partial charge is 0.261 e. The van der Waals surface area contributed by atoms with Crippen LogP contribution in [0.4, 0.5) is 0 Å². The lowest BCUT2D eigenvalue weighted by molar-refractivity contribution is -0.143. The van der Waals surface area contributed by atoms with Crippen LogP contribution >= 0.6 is 15.9 Å². The molecule has 0 heterocycles. The number of halogens is 1. The fourth-order valence-electron chi connectivity index (χ4n) is 3.88. The van der Waals surface area contributed by atoms with Gasteiger partial charge in [0.25, 0.3) is 5.91 Å². The van der Waals surface area contributed by atoms with Gasteiger partial charge in [0.15, 0.2) is 6.61 Å². The van der Waals surface area contributed by atoms with Crippen LogP contribution in [-0.2, 0) is 22.6 Å². The Morgan fingerprint density at radius 3 is 2.25 bits per heavy atom. The van der Waals surface area contributed by atoms with Gasteiger partial charge in [-0.2, -0.15) is 0 Å². The van der Waals surface area contributed by atoms with Gasteiger partial charge in [-0.3, -0.25) is 9.59 Å². The number of nitrogens with one attached hydrogen (secondary N) is 1. The van der Waals surface area contributed by atoms with Gasteiger partial charge in [0.1, 0.15) is 11.8 Å². The van der Waals surface area contributed by atoms with Crippen molar-refractivity contribution in [1.29, 1.82) is 0 Å². The largest absolute Gasteiger partial charge is 0.483 e. The second-order valence-electron chi connectivity index (χ2n) is 10.2. The second kappa shape index (κ2) is 12.2. The van der Waals surface area contributed by atoms with E-state index in [0.29, 0.717) is 12.2 Å². The number of rotatable bonds is 9. The number of aryl methyl sites for hydroxylation is 2. The van der Waals surface area contributed by atoms with Crippen molar-refractivity contribution in [1.82, 2.24) is 10.2 Å². The van der Waals surface area contributed by atoms with Crippen LogP contribution < -0.4 is 10.1 Å². The van der Waals surface area contributed by atoms with Crippen LogP contribution in [0.1, 0.15) is 43.0 Å². The van der Waals surface area contributed by atoms with Crippen LogP contribution in [0.15, 0.2) is 77.3 Å². The van der Waals surface area contributed by atoms with Crippen molar-refractivity contribution in [3.8, 4) is 5.75 Å². The molecule has 3 aromatic rings. The number of benzene rings is 3. The standard InChI is InChI=1S/C30H35BrN2O3/c1-21-11-12-22(2)27(17-21)36-20-28(34)33(19-24-13-15-25(31)16-14-24)26(29(35)32-30(3,4)5)18-23-9-7-6-8-10-23/h6-17,26H,18-20H2,1-5H3,(H,32,35). The van der Waals surface area contributed by atoms with Gasteiger partial charge >= 0.3 is 0 Å². The zero-order chi connectivity index (χ0) is 26.3. The average Bonchev–Trinajstić information content (AvgIpc) is 2.82. The summed E-state index contributed by atoms with van der Waals surface area (Å²) in [6, 6.07) is 22.8. The van der Waals surface area contributed by atoms with E-state index >= 15 is 0 Å². The van der Waals surface area contributed by atoms with Crippen molar-refractivity contribution < 1.29 is 14.3 Å².